The Bertz CT molecular complexity index is 771. The molecule has 0 unspecified atom stereocenters. The Balaban J connectivity index is 2.12. The highest BCUT2D eigenvalue weighted by Crippen LogP contribution is 2.28. The fraction of sp³-hybridized carbons (Fsp3) is 0.0625. The van der Waals surface area contributed by atoms with Crippen molar-refractivity contribution in [3.05, 3.63) is 70.4 Å². The van der Waals surface area contributed by atoms with Gasteiger partial charge in [-0.2, -0.15) is 0 Å². The molecule has 0 aliphatic heterocycles. The first kappa shape index (κ1) is 12.0. The number of benzene rings is 2. The van der Waals surface area contributed by atoms with Crippen LogP contribution in [0.4, 0.5) is 0 Å². The molecule has 0 radical (unpaired) electrons. The minimum absolute atomic E-state index is 0.120. The van der Waals surface area contributed by atoms with Gasteiger partial charge < -0.3 is 4.42 Å². The molecule has 94 valence electrons. The number of ketones is 1. The lowest BCUT2D eigenvalue weighted by molar-refractivity contribution is 0.101. The average molecular weight is 271 g/mol. The van der Waals surface area contributed by atoms with Crippen molar-refractivity contribution in [2.45, 2.75) is 6.92 Å². The lowest BCUT2D eigenvalue weighted by Crippen LogP contribution is -2.01. The van der Waals surface area contributed by atoms with Crippen LogP contribution in [0.15, 0.2) is 52.9 Å². The summed E-state index contributed by atoms with van der Waals surface area (Å²) >= 11 is 6.05. The smallest absolute Gasteiger partial charge is 0.228 e. The average Bonchev–Trinajstić information content (AvgIpc) is 2.84. The van der Waals surface area contributed by atoms with Gasteiger partial charge in [-0.05, 0) is 24.6 Å². The van der Waals surface area contributed by atoms with Gasteiger partial charge in [0, 0.05) is 10.9 Å². The second kappa shape index (κ2) is 4.56. The summed E-state index contributed by atoms with van der Waals surface area (Å²) in [6.07, 6.45) is 0. The predicted molar refractivity (Wildman–Crippen MR) is 75.8 cm³/mol. The highest BCUT2D eigenvalue weighted by molar-refractivity contribution is 6.35. The molecule has 19 heavy (non-hydrogen) atoms. The summed E-state index contributed by atoms with van der Waals surface area (Å²) in [5, 5.41) is 1.35. The van der Waals surface area contributed by atoms with E-state index < -0.39 is 0 Å². The number of hydrogen-bond donors (Lipinski definition) is 0. The van der Waals surface area contributed by atoms with Crippen molar-refractivity contribution in [2.24, 2.45) is 0 Å². The highest BCUT2D eigenvalue weighted by atomic mass is 35.5. The molecular weight excluding hydrogens is 260 g/mol. The summed E-state index contributed by atoms with van der Waals surface area (Å²) in [5.41, 5.74) is 2.14. The summed E-state index contributed by atoms with van der Waals surface area (Å²) in [7, 11) is 0. The number of carbonyl (C=O) groups excluding carboxylic acids is 1. The van der Waals surface area contributed by atoms with Crippen molar-refractivity contribution in [2.75, 3.05) is 0 Å². The maximum absolute atomic E-state index is 12.4. The zero-order valence-electron chi connectivity index (χ0n) is 10.3. The quantitative estimate of drug-likeness (QED) is 0.636. The number of halogens is 1. The van der Waals surface area contributed by atoms with E-state index in [2.05, 4.69) is 0 Å². The van der Waals surface area contributed by atoms with Crippen LogP contribution in [0.1, 0.15) is 21.7 Å². The van der Waals surface area contributed by atoms with Crippen LogP contribution in [0, 0.1) is 6.92 Å². The first-order valence-corrected chi connectivity index (χ1v) is 6.33. The molecule has 1 heterocycles. The van der Waals surface area contributed by atoms with Gasteiger partial charge in [0.15, 0.2) is 11.3 Å². The Morgan fingerprint density at radius 3 is 2.63 bits per heavy atom. The van der Waals surface area contributed by atoms with Crippen molar-refractivity contribution >= 4 is 28.4 Å². The van der Waals surface area contributed by atoms with Crippen LogP contribution in [0.5, 0.6) is 0 Å². The molecule has 0 spiro atoms. The van der Waals surface area contributed by atoms with E-state index in [4.69, 9.17) is 16.0 Å². The summed E-state index contributed by atoms with van der Waals surface area (Å²) in [5.74, 6) is 0.197. The zero-order chi connectivity index (χ0) is 13.4. The summed E-state index contributed by atoms with van der Waals surface area (Å²) < 4.78 is 5.59. The first-order valence-electron chi connectivity index (χ1n) is 5.95. The lowest BCUT2D eigenvalue weighted by atomic mass is 10.0. The topological polar surface area (TPSA) is 30.2 Å². The summed E-state index contributed by atoms with van der Waals surface area (Å²) in [4.78, 5) is 12.4. The van der Waals surface area contributed by atoms with E-state index in [1.807, 2.05) is 37.3 Å². The van der Waals surface area contributed by atoms with E-state index in [0.717, 1.165) is 10.9 Å². The van der Waals surface area contributed by atoms with Gasteiger partial charge in [0.05, 0.1) is 5.02 Å². The molecule has 0 fully saturated rings. The second-order valence-electron chi connectivity index (χ2n) is 4.41. The van der Waals surface area contributed by atoms with E-state index in [1.54, 1.807) is 18.2 Å². The molecule has 0 aliphatic rings. The first-order chi connectivity index (χ1) is 9.16. The molecule has 2 nitrogen and oxygen atoms in total. The summed E-state index contributed by atoms with van der Waals surface area (Å²) in [6, 6.07) is 14.6. The molecule has 3 aromatic rings. The largest absolute Gasteiger partial charge is 0.451 e. The standard InChI is InChI=1S/C16H11ClO2/c1-10-5-2-3-7-12(10)15(18)14-9-11-6-4-8-13(17)16(11)19-14/h2-9H,1H3. The van der Waals surface area contributed by atoms with Crippen LogP contribution in [0.2, 0.25) is 5.02 Å². The van der Waals surface area contributed by atoms with E-state index in [9.17, 15) is 4.79 Å². The molecule has 0 aliphatic carbocycles. The maximum atomic E-state index is 12.4. The van der Waals surface area contributed by atoms with Gasteiger partial charge in [-0.25, -0.2) is 0 Å². The number of para-hydroxylation sites is 1. The molecule has 1 aromatic heterocycles. The van der Waals surface area contributed by atoms with Crippen LogP contribution in [0.3, 0.4) is 0 Å². The van der Waals surface area contributed by atoms with Crippen LogP contribution in [-0.2, 0) is 0 Å². The molecule has 0 atom stereocenters. The van der Waals surface area contributed by atoms with Crippen LogP contribution in [0.25, 0.3) is 11.0 Å². The number of carbonyl (C=O) groups is 1. The molecule has 3 heteroatoms. The monoisotopic (exact) mass is 270 g/mol. The van der Waals surface area contributed by atoms with Crippen molar-refractivity contribution in [3.63, 3.8) is 0 Å². The van der Waals surface area contributed by atoms with Crippen molar-refractivity contribution < 1.29 is 9.21 Å². The number of fused-ring (bicyclic) bond motifs is 1. The Morgan fingerprint density at radius 2 is 1.89 bits per heavy atom. The molecule has 0 N–H and O–H groups in total. The molecule has 3 rings (SSSR count). The predicted octanol–water partition coefficient (Wildman–Crippen LogP) is 4.63. The van der Waals surface area contributed by atoms with E-state index in [-0.39, 0.29) is 5.78 Å². The molecule has 0 saturated carbocycles. The van der Waals surface area contributed by atoms with Crippen molar-refractivity contribution in [1.82, 2.24) is 0 Å². The third-order valence-corrected chi connectivity index (χ3v) is 3.41. The van der Waals surface area contributed by atoms with Gasteiger partial charge in [-0.3, -0.25) is 4.79 Å². The van der Waals surface area contributed by atoms with E-state index in [0.29, 0.717) is 21.9 Å². The third kappa shape index (κ3) is 2.04. The van der Waals surface area contributed by atoms with Gasteiger partial charge in [-0.15, -0.1) is 0 Å². The second-order valence-corrected chi connectivity index (χ2v) is 4.82. The fourth-order valence-corrected chi connectivity index (χ4v) is 2.32. The number of aryl methyl sites for hydroxylation is 1. The molecule has 2 aromatic carbocycles. The van der Waals surface area contributed by atoms with Crippen molar-refractivity contribution in [1.29, 1.82) is 0 Å². The molecule has 0 bridgehead atoms. The minimum Gasteiger partial charge on any atom is -0.451 e. The number of furan rings is 1. The van der Waals surface area contributed by atoms with Crippen molar-refractivity contribution in [3.8, 4) is 0 Å². The fourth-order valence-electron chi connectivity index (χ4n) is 2.10. The van der Waals surface area contributed by atoms with Crippen LogP contribution < -0.4 is 0 Å². The van der Waals surface area contributed by atoms with Gasteiger partial charge in [-0.1, -0.05) is 48.0 Å². The van der Waals surface area contributed by atoms with E-state index >= 15 is 0 Å². The lowest BCUT2D eigenvalue weighted by Gasteiger charge is -2.01. The Hall–Kier alpha value is -2.06. The van der Waals surface area contributed by atoms with Gasteiger partial charge >= 0.3 is 0 Å². The number of hydrogen-bond acceptors (Lipinski definition) is 2. The Labute approximate surface area is 115 Å². The SMILES string of the molecule is Cc1ccccc1C(=O)c1cc2cccc(Cl)c2o1. The Kier molecular flexibility index (Phi) is 2.88. The Morgan fingerprint density at radius 1 is 1.11 bits per heavy atom. The van der Waals surface area contributed by atoms with E-state index in [1.165, 1.54) is 0 Å². The van der Waals surface area contributed by atoms with Crippen LogP contribution >= 0.6 is 11.6 Å². The highest BCUT2D eigenvalue weighted by Gasteiger charge is 2.17. The zero-order valence-corrected chi connectivity index (χ0v) is 11.1. The minimum atomic E-state index is -0.120. The number of rotatable bonds is 2. The van der Waals surface area contributed by atoms with Gasteiger partial charge in [0.25, 0.3) is 0 Å². The maximum Gasteiger partial charge on any atom is 0.228 e. The molecule has 0 amide bonds. The van der Waals surface area contributed by atoms with Gasteiger partial charge in [0.1, 0.15) is 0 Å². The molecular formula is C16H11ClO2. The summed E-state index contributed by atoms with van der Waals surface area (Å²) in [6.45, 7) is 1.91. The third-order valence-electron chi connectivity index (χ3n) is 3.11. The van der Waals surface area contributed by atoms with Crippen LogP contribution in [-0.4, -0.2) is 5.78 Å². The van der Waals surface area contributed by atoms with Gasteiger partial charge in [0.2, 0.25) is 5.78 Å². The molecule has 0 saturated heterocycles. The normalized spacial score (nSPS) is 10.8.